The molecule has 0 saturated carbocycles. The van der Waals surface area contributed by atoms with Crippen molar-refractivity contribution < 1.29 is 19.4 Å². The third-order valence-electron chi connectivity index (χ3n) is 5.44. The van der Waals surface area contributed by atoms with Gasteiger partial charge >= 0.3 is 11.9 Å². The van der Waals surface area contributed by atoms with Crippen LogP contribution in [0, 0.1) is 0 Å². The van der Waals surface area contributed by atoms with E-state index in [2.05, 4.69) is 22.9 Å². The van der Waals surface area contributed by atoms with E-state index in [9.17, 15) is 9.59 Å². The molecule has 29 heavy (non-hydrogen) atoms. The Morgan fingerprint density at radius 1 is 0.724 bits per heavy atom. The molecular formula is C24H45BrO4. The van der Waals surface area contributed by atoms with Crippen molar-refractivity contribution in [3.05, 3.63) is 0 Å². The number of unbranched alkanes of at least 4 members (excludes halogenated alkanes) is 16. The van der Waals surface area contributed by atoms with Crippen molar-refractivity contribution in [3.63, 3.8) is 0 Å². The van der Waals surface area contributed by atoms with E-state index in [-0.39, 0.29) is 17.7 Å². The summed E-state index contributed by atoms with van der Waals surface area (Å²) in [5.41, 5.74) is 0. The topological polar surface area (TPSA) is 63.6 Å². The molecule has 0 aromatic rings. The van der Waals surface area contributed by atoms with Crippen molar-refractivity contribution in [2.75, 3.05) is 5.33 Å². The molecule has 0 bridgehead atoms. The Labute approximate surface area is 187 Å². The highest BCUT2D eigenvalue weighted by atomic mass is 79.9. The number of hydrogen-bond acceptors (Lipinski definition) is 3. The first-order valence-corrected chi connectivity index (χ1v) is 13.2. The second-order valence-corrected chi connectivity index (χ2v) is 8.85. The highest BCUT2D eigenvalue weighted by Gasteiger charge is 2.17. The number of aliphatic carboxylic acids is 1. The zero-order chi connectivity index (χ0) is 21.6. The summed E-state index contributed by atoms with van der Waals surface area (Å²) in [4.78, 5) is 22.2. The van der Waals surface area contributed by atoms with E-state index in [0.717, 1.165) is 12.8 Å². The normalized spacial score (nSPS) is 12.1. The summed E-state index contributed by atoms with van der Waals surface area (Å²) in [6.45, 7) is 2.27. The maximum absolute atomic E-state index is 11.3. The molecule has 172 valence electrons. The predicted octanol–water partition coefficient (Wildman–Crippen LogP) is 7.81. The molecule has 0 aliphatic heterocycles. The van der Waals surface area contributed by atoms with Crippen molar-refractivity contribution in [1.82, 2.24) is 0 Å². The van der Waals surface area contributed by atoms with Gasteiger partial charge in [-0.3, -0.25) is 9.59 Å². The molecule has 1 N–H and O–H groups in total. The molecule has 1 unspecified atom stereocenters. The summed E-state index contributed by atoms with van der Waals surface area (Å²) >= 11 is 3.04. The first kappa shape index (κ1) is 28.4. The Morgan fingerprint density at radius 2 is 1.10 bits per heavy atom. The minimum atomic E-state index is -0.913. The van der Waals surface area contributed by atoms with E-state index in [0.29, 0.717) is 6.42 Å². The Bertz CT molecular complexity index is 387. The lowest BCUT2D eigenvalue weighted by molar-refractivity contribution is -0.150. The highest BCUT2D eigenvalue weighted by molar-refractivity contribution is 9.09. The number of hydrogen-bond donors (Lipinski definition) is 1. The summed E-state index contributed by atoms with van der Waals surface area (Å²) in [5, 5.41) is 9.02. The lowest BCUT2D eigenvalue weighted by atomic mass is 10.0. The molecule has 0 amide bonds. The summed E-state index contributed by atoms with van der Waals surface area (Å²) < 4.78 is 5.17. The van der Waals surface area contributed by atoms with E-state index < -0.39 is 12.1 Å². The second-order valence-electron chi connectivity index (χ2n) is 8.29. The van der Waals surface area contributed by atoms with E-state index >= 15 is 0 Å². The number of halogens is 1. The fourth-order valence-electron chi connectivity index (χ4n) is 3.71. The Balaban J connectivity index is 3.37. The average molecular weight is 478 g/mol. The van der Waals surface area contributed by atoms with Crippen LogP contribution in [0.2, 0.25) is 0 Å². The van der Waals surface area contributed by atoms with Crippen molar-refractivity contribution in [2.24, 2.45) is 0 Å². The van der Waals surface area contributed by atoms with Crippen LogP contribution in [0.15, 0.2) is 0 Å². The predicted molar refractivity (Wildman–Crippen MR) is 125 cm³/mol. The quantitative estimate of drug-likeness (QED) is 0.0981. The van der Waals surface area contributed by atoms with E-state index in [1.807, 2.05) is 0 Å². The molecule has 0 aliphatic rings. The SMILES string of the molecule is CCCCCCCCCCCCCCCCCCCC(CC(=O)O)OC(=O)CBr. The van der Waals surface area contributed by atoms with Gasteiger partial charge in [-0.1, -0.05) is 126 Å². The molecule has 0 aromatic carbocycles. The molecule has 1 atom stereocenters. The number of rotatable bonds is 22. The van der Waals surface area contributed by atoms with Gasteiger partial charge < -0.3 is 9.84 Å². The molecular weight excluding hydrogens is 432 g/mol. The van der Waals surface area contributed by atoms with Gasteiger partial charge in [0, 0.05) is 0 Å². The number of carboxylic acids is 1. The Hall–Kier alpha value is -0.580. The van der Waals surface area contributed by atoms with Gasteiger partial charge in [-0.2, -0.15) is 0 Å². The highest BCUT2D eigenvalue weighted by Crippen LogP contribution is 2.16. The Morgan fingerprint density at radius 3 is 1.45 bits per heavy atom. The summed E-state index contributed by atoms with van der Waals surface area (Å²) in [6.07, 6.45) is 22.5. The molecule has 0 spiro atoms. The van der Waals surface area contributed by atoms with E-state index in [1.54, 1.807) is 0 Å². The number of carboxylic acid groups (broad SMARTS) is 1. The summed E-state index contributed by atoms with van der Waals surface area (Å²) in [6, 6.07) is 0. The van der Waals surface area contributed by atoms with Crippen molar-refractivity contribution in [2.45, 2.75) is 135 Å². The van der Waals surface area contributed by atoms with Gasteiger partial charge in [-0.05, 0) is 12.8 Å². The standard InChI is InChI=1S/C24H45BrO4/c1-2-3-4-5-6-7-8-9-10-11-12-13-14-15-16-17-18-19-22(20-23(26)27)29-24(28)21-25/h22H,2-21H2,1H3,(H,26,27). The fraction of sp³-hybridized carbons (Fsp3) is 0.917. The molecule has 0 aromatic heterocycles. The van der Waals surface area contributed by atoms with Crippen LogP contribution >= 0.6 is 15.9 Å². The maximum atomic E-state index is 11.3. The minimum absolute atomic E-state index is 0.0996. The first-order valence-electron chi connectivity index (χ1n) is 12.1. The number of carbonyl (C=O) groups excluding carboxylic acids is 1. The monoisotopic (exact) mass is 476 g/mol. The third-order valence-corrected chi connectivity index (χ3v) is 5.90. The minimum Gasteiger partial charge on any atom is -0.481 e. The molecule has 0 rings (SSSR count). The second kappa shape index (κ2) is 22.1. The van der Waals surface area contributed by atoms with Gasteiger partial charge in [-0.15, -0.1) is 0 Å². The molecule has 5 heteroatoms. The maximum Gasteiger partial charge on any atom is 0.316 e. The van der Waals surface area contributed by atoms with Crippen LogP contribution in [0.25, 0.3) is 0 Å². The van der Waals surface area contributed by atoms with Crippen LogP contribution in [-0.4, -0.2) is 28.5 Å². The van der Waals surface area contributed by atoms with Crippen LogP contribution in [-0.2, 0) is 14.3 Å². The van der Waals surface area contributed by atoms with Crippen LogP contribution in [0.4, 0.5) is 0 Å². The van der Waals surface area contributed by atoms with Crippen molar-refractivity contribution in [3.8, 4) is 0 Å². The van der Waals surface area contributed by atoms with Crippen LogP contribution in [0.3, 0.4) is 0 Å². The molecule has 0 heterocycles. The largest absolute Gasteiger partial charge is 0.481 e. The van der Waals surface area contributed by atoms with E-state index in [4.69, 9.17) is 9.84 Å². The van der Waals surface area contributed by atoms with Crippen LogP contribution < -0.4 is 0 Å². The lowest BCUT2D eigenvalue weighted by Crippen LogP contribution is -2.22. The van der Waals surface area contributed by atoms with Gasteiger partial charge in [-0.25, -0.2) is 0 Å². The number of esters is 1. The van der Waals surface area contributed by atoms with Gasteiger partial charge in [0.05, 0.1) is 6.42 Å². The molecule has 0 radical (unpaired) electrons. The van der Waals surface area contributed by atoms with E-state index in [1.165, 1.54) is 96.3 Å². The van der Waals surface area contributed by atoms with Crippen LogP contribution in [0.5, 0.6) is 0 Å². The zero-order valence-electron chi connectivity index (χ0n) is 18.8. The van der Waals surface area contributed by atoms with Gasteiger partial charge in [0.2, 0.25) is 0 Å². The molecule has 0 fully saturated rings. The molecule has 4 nitrogen and oxygen atoms in total. The van der Waals surface area contributed by atoms with Gasteiger partial charge in [0.1, 0.15) is 11.4 Å². The number of alkyl halides is 1. The van der Waals surface area contributed by atoms with Crippen molar-refractivity contribution >= 4 is 27.9 Å². The molecule has 0 aliphatic carbocycles. The summed E-state index contributed by atoms with van der Waals surface area (Å²) in [5.74, 6) is -1.30. The Kier molecular flexibility index (Phi) is 21.7. The first-order chi connectivity index (χ1) is 14.1. The van der Waals surface area contributed by atoms with Crippen molar-refractivity contribution in [1.29, 1.82) is 0 Å². The van der Waals surface area contributed by atoms with Crippen LogP contribution in [0.1, 0.15) is 129 Å². The average Bonchev–Trinajstić information content (AvgIpc) is 2.69. The fourth-order valence-corrected chi connectivity index (χ4v) is 3.84. The number of ether oxygens (including phenoxy) is 1. The lowest BCUT2D eigenvalue weighted by Gasteiger charge is -2.15. The van der Waals surface area contributed by atoms with Gasteiger partial charge in [0.15, 0.2) is 0 Å². The zero-order valence-corrected chi connectivity index (χ0v) is 20.4. The summed E-state index contributed by atoms with van der Waals surface area (Å²) in [7, 11) is 0. The smallest absolute Gasteiger partial charge is 0.316 e. The van der Waals surface area contributed by atoms with Gasteiger partial charge in [0.25, 0.3) is 0 Å². The number of carbonyl (C=O) groups is 2. The molecule has 0 saturated heterocycles. The third kappa shape index (κ3) is 21.9.